The van der Waals surface area contributed by atoms with E-state index >= 15 is 0 Å². The van der Waals surface area contributed by atoms with E-state index < -0.39 is 24.9 Å². The van der Waals surface area contributed by atoms with E-state index in [1.165, 1.54) is 24.3 Å². The van der Waals surface area contributed by atoms with Crippen LogP contribution in [0.25, 0.3) is 0 Å². The molecular weight excluding hydrogens is 433 g/mol. The van der Waals surface area contributed by atoms with Gasteiger partial charge in [-0.05, 0) is 67.3 Å². The van der Waals surface area contributed by atoms with E-state index in [-0.39, 0.29) is 5.92 Å². The van der Waals surface area contributed by atoms with Gasteiger partial charge in [0.05, 0.1) is 7.11 Å². The quantitative estimate of drug-likeness (QED) is 0.605. The van der Waals surface area contributed by atoms with Gasteiger partial charge >= 0.3 is 12.3 Å². The maximum absolute atomic E-state index is 13.6. The molecule has 0 aromatic heterocycles. The van der Waals surface area contributed by atoms with Crippen molar-refractivity contribution in [3.8, 4) is 5.75 Å². The number of halogens is 4. The number of benzene rings is 2. The van der Waals surface area contributed by atoms with Crippen molar-refractivity contribution in [1.82, 2.24) is 4.90 Å². The van der Waals surface area contributed by atoms with Crippen LogP contribution in [0, 0.1) is 0 Å². The number of hydrogen-bond donors (Lipinski definition) is 1. The smallest absolute Gasteiger partial charge is 0.426 e. The molecule has 1 aliphatic heterocycles. The third kappa shape index (κ3) is 6.77. The fourth-order valence-electron chi connectivity index (χ4n) is 3.64. The molecule has 0 radical (unpaired) electrons. The molecule has 1 saturated heterocycles. The lowest BCUT2D eigenvalue weighted by atomic mass is 9.90. The Morgan fingerprint density at radius 3 is 2.68 bits per heavy atom. The summed E-state index contributed by atoms with van der Waals surface area (Å²) >= 11 is 5.77. The SMILES string of the molecule is COc1cccc([C@@H]2CCCN(C[C@H](OC(=O)Nc3ccc(Cl)cc3)C(F)(F)F)C2)c1. The number of methoxy groups -OCH3 is 1. The van der Waals surface area contributed by atoms with Crippen molar-refractivity contribution in [2.24, 2.45) is 0 Å². The summed E-state index contributed by atoms with van der Waals surface area (Å²) < 4.78 is 50.7. The number of ether oxygens (including phenoxy) is 2. The highest BCUT2D eigenvalue weighted by Gasteiger charge is 2.44. The molecule has 1 amide bonds. The molecule has 0 saturated carbocycles. The summed E-state index contributed by atoms with van der Waals surface area (Å²) in [5.74, 6) is 0.797. The Labute approximate surface area is 184 Å². The zero-order chi connectivity index (χ0) is 22.4. The first-order valence-electron chi connectivity index (χ1n) is 9.91. The first kappa shape index (κ1) is 23.2. The topological polar surface area (TPSA) is 50.8 Å². The summed E-state index contributed by atoms with van der Waals surface area (Å²) in [5.41, 5.74) is 1.32. The maximum atomic E-state index is 13.6. The summed E-state index contributed by atoms with van der Waals surface area (Å²) in [6.07, 6.45) is -6.45. The largest absolute Gasteiger partial charge is 0.497 e. The number of amides is 1. The highest BCUT2D eigenvalue weighted by atomic mass is 35.5. The Hall–Kier alpha value is -2.45. The van der Waals surface area contributed by atoms with Crippen LogP contribution in [-0.2, 0) is 4.74 Å². The van der Waals surface area contributed by atoms with Crippen molar-refractivity contribution >= 4 is 23.4 Å². The molecule has 0 unspecified atom stereocenters. The summed E-state index contributed by atoms with van der Waals surface area (Å²) in [7, 11) is 1.58. The lowest BCUT2D eigenvalue weighted by Gasteiger charge is -2.35. The van der Waals surface area contributed by atoms with Gasteiger partial charge in [-0.3, -0.25) is 10.2 Å². The number of likely N-dealkylation sites (tertiary alicyclic amines) is 1. The summed E-state index contributed by atoms with van der Waals surface area (Å²) in [6.45, 7) is 0.537. The van der Waals surface area contributed by atoms with Gasteiger partial charge < -0.3 is 9.47 Å². The highest BCUT2D eigenvalue weighted by molar-refractivity contribution is 6.30. The molecule has 0 spiro atoms. The van der Waals surface area contributed by atoms with Gasteiger partial charge in [0, 0.05) is 23.8 Å². The predicted molar refractivity (Wildman–Crippen MR) is 113 cm³/mol. The third-order valence-electron chi connectivity index (χ3n) is 5.20. The molecule has 1 N–H and O–H groups in total. The van der Waals surface area contributed by atoms with Crippen molar-refractivity contribution in [2.75, 3.05) is 32.1 Å². The van der Waals surface area contributed by atoms with Crippen LogP contribution in [0.15, 0.2) is 48.5 Å². The molecule has 1 heterocycles. The number of nitrogens with zero attached hydrogens (tertiary/aromatic N) is 1. The van der Waals surface area contributed by atoms with Gasteiger partial charge in [-0.2, -0.15) is 13.2 Å². The first-order chi connectivity index (χ1) is 14.7. The third-order valence-corrected chi connectivity index (χ3v) is 5.45. The fourth-order valence-corrected chi connectivity index (χ4v) is 3.77. The minimum Gasteiger partial charge on any atom is -0.497 e. The molecular formula is C22H24ClF3N2O3. The number of alkyl halides is 3. The van der Waals surface area contributed by atoms with Crippen molar-refractivity contribution in [1.29, 1.82) is 0 Å². The van der Waals surface area contributed by atoms with Crippen LogP contribution < -0.4 is 10.1 Å². The van der Waals surface area contributed by atoms with Gasteiger partial charge in [-0.25, -0.2) is 4.79 Å². The van der Waals surface area contributed by atoms with Gasteiger partial charge in [0.25, 0.3) is 0 Å². The van der Waals surface area contributed by atoms with Crippen LogP contribution in [0.5, 0.6) is 5.75 Å². The van der Waals surface area contributed by atoms with Crippen molar-refractivity contribution in [2.45, 2.75) is 31.0 Å². The molecule has 2 aromatic carbocycles. The van der Waals surface area contributed by atoms with Gasteiger partial charge in [0.2, 0.25) is 6.10 Å². The predicted octanol–water partition coefficient (Wildman–Crippen LogP) is 5.71. The lowest BCUT2D eigenvalue weighted by Crippen LogP contribution is -2.47. The number of anilines is 1. The minimum atomic E-state index is -4.68. The highest BCUT2D eigenvalue weighted by Crippen LogP contribution is 2.31. The van der Waals surface area contributed by atoms with Crippen LogP contribution >= 0.6 is 11.6 Å². The van der Waals surface area contributed by atoms with Gasteiger partial charge in [0.15, 0.2) is 0 Å². The Kier molecular flexibility index (Phi) is 7.67. The average molecular weight is 457 g/mol. The van der Waals surface area contributed by atoms with E-state index in [9.17, 15) is 18.0 Å². The molecule has 0 bridgehead atoms. The minimum absolute atomic E-state index is 0.0839. The van der Waals surface area contributed by atoms with E-state index in [0.29, 0.717) is 29.5 Å². The summed E-state index contributed by atoms with van der Waals surface area (Å²) in [5, 5.41) is 2.75. The van der Waals surface area contributed by atoms with Crippen molar-refractivity contribution in [3.63, 3.8) is 0 Å². The second-order valence-corrected chi connectivity index (χ2v) is 7.88. The summed E-state index contributed by atoms with van der Waals surface area (Å²) in [6, 6.07) is 13.6. The van der Waals surface area contributed by atoms with E-state index in [4.69, 9.17) is 21.1 Å². The number of hydrogen-bond acceptors (Lipinski definition) is 4. The zero-order valence-corrected chi connectivity index (χ0v) is 17.7. The maximum Gasteiger partial charge on any atom is 0.426 e. The number of piperidine rings is 1. The van der Waals surface area contributed by atoms with Gasteiger partial charge in [-0.1, -0.05) is 23.7 Å². The number of rotatable bonds is 6. The van der Waals surface area contributed by atoms with Gasteiger partial charge in [-0.15, -0.1) is 0 Å². The Balaban J connectivity index is 1.63. The molecule has 168 valence electrons. The van der Waals surface area contributed by atoms with Gasteiger partial charge in [0.1, 0.15) is 5.75 Å². The van der Waals surface area contributed by atoms with Crippen LogP contribution in [0.2, 0.25) is 5.02 Å². The number of carbonyl (C=O) groups is 1. The number of carbonyl (C=O) groups excluding carboxylic acids is 1. The molecule has 9 heteroatoms. The molecule has 0 aliphatic carbocycles. The standard InChI is InChI=1S/C22H24ClF3N2O3/c1-30-19-6-2-4-15(12-19)16-5-3-11-28(13-16)14-20(22(24,25)26)31-21(29)27-18-9-7-17(23)8-10-18/h2,4,6-10,12,16,20H,3,5,11,13-14H2,1H3,(H,27,29)/t16-,20+/m1/s1. The van der Waals surface area contributed by atoms with Crippen LogP contribution in [0.3, 0.4) is 0 Å². The van der Waals surface area contributed by atoms with Crippen LogP contribution in [0.4, 0.5) is 23.7 Å². The van der Waals surface area contributed by atoms with Crippen LogP contribution in [-0.4, -0.2) is 50.0 Å². The summed E-state index contributed by atoms with van der Waals surface area (Å²) in [4.78, 5) is 13.7. The molecule has 2 atom stereocenters. The first-order valence-corrected chi connectivity index (χ1v) is 10.3. The number of nitrogens with one attached hydrogen (secondary N) is 1. The monoisotopic (exact) mass is 456 g/mol. The normalized spacial score (nSPS) is 18.3. The Bertz CT molecular complexity index is 877. The Morgan fingerprint density at radius 2 is 2.00 bits per heavy atom. The fraction of sp³-hybridized carbons (Fsp3) is 0.409. The van der Waals surface area contributed by atoms with E-state index in [0.717, 1.165) is 18.4 Å². The van der Waals surface area contributed by atoms with Crippen molar-refractivity contribution < 1.29 is 27.4 Å². The lowest BCUT2D eigenvalue weighted by molar-refractivity contribution is -0.207. The van der Waals surface area contributed by atoms with E-state index in [1.54, 1.807) is 12.0 Å². The molecule has 1 aliphatic rings. The molecule has 31 heavy (non-hydrogen) atoms. The van der Waals surface area contributed by atoms with E-state index in [2.05, 4.69) is 5.32 Å². The molecule has 5 nitrogen and oxygen atoms in total. The van der Waals surface area contributed by atoms with Crippen molar-refractivity contribution in [3.05, 3.63) is 59.1 Å². The average Bonchev–Trinajstić information content (AvgIpc) is 2.74. The second-order valence-electron chi connectivity index (χ2n) is 7.44. The molecule has 1 fully saturated rings. The molecule has 3 rings (SSSR count). The zero-order valence-electron chi connectivity index (χ0n) is 17.0. The second kappa shape index (κ2) is 10.2. The van der Waals surface area contributed by atoms with Crippen LogP contribution in [0.1, 0.15) is 24.3 Å². The Morgan fingerprint density at radius 1 is 1.26 bits per heavy atom. The molecule has 2 aromatic rings. The van der Waals surface area contributed by atoms with E-state index in [1.807, 2.05) is 24.3 Å².